The molecule has 0 aliphatic rings. The molecule has 0 atom stereocenters. The molecule has 3 nitrogen and oxygen atoms in total. The highest BCUT2D eigenvalue weighted by Crippen LogP contribution is 2.25. The normalized spacial score (nSPS) is 11.4. The number of unbranched alkanes of at least 4 members (excludes halogenated alkanes) is 1. The van der Waals surface area contributed by atoms with Crippen molar-refractivity contribution in [1.29, 1.82) is 0 Å². The highest BCUT2D eigenvalue weighted by molar-refractivity contribution is 6.32. The Kier molecular flexibility index (Phi) is 6.44. The van der Waals surface area contributed by atoms with E-state index in [0.29, 0.717) is 17.2 Å². The number of carboxylic acids is 1. The molecule has 2 aromatic rings. The summed E-state index contributed by atoms with van der Waals surface area (Å²) in [6.07, 6.45) is 3.69. The van der Waals surface area contributed by atoms with Gasteiger partial charge in [-0.05, 0) is 54.3 Å². The van der Waals surface area contributed by atoms with Crippen LogP contribution in [0.25, 0.3) is 11.6 Å². The molecule has 2 aromatic carbocycles. The Hall–Kier alpha value is -2.26. The Bertz CT molecular complexity index is 750. The van der Waals surface area contributed by atoms with Crippen LogP contribution >= 0.6 is 11.6 Å². The first-order valence-corrected chi connectivity index (χ1v) is 8.33. The molecule has 126 valence electrons. The summed E-state index contributed by atoms with van der Waals surface area (Å²) < 4.78 is 5.67. The second-order valence-corrected chi connectivity index (χ2v) is 6.01. The number of ether oxygens (including phenoxy) is 1. The maximum Gasteiger partial charge on any atom is 0.336 e. The number of halogens is 1. The molecule has 1 N–H and O–H groups in total. The lowest BCUT2D eigenvalue weighted by Gasteiger charge is -2.08. The average molecular weight is 345 g/mol. The smallest absolute Gasteiger partial charge is 0.336 e. The zero-order valence-corrected chi connectivity index (χ0v) is 14.6. The van der Waals surface area contributed by atoms with Crippen LogP contribution in [-0.2, 0) is 4.79 Å². The minimum atomic E-state index is -0.993. The highest BCUT2D eigenvalue weighted by Gasteiger charge is 2.12. The van der Waals surface area contributed by atoms with Crippen LogP contribution in [0.15, 0.2) is 42.5 Å². The molecule has 0 aromatic heterocycles. The van der Waals surface area contributed by atoms with E-state index in [9.17, 15) is 9.90 Å². The third kappa shape index (κ3) is 4.87. The molecular weight excluding hydrogens is 324 g/mol. The third-order valence-corrected chi connectivity index (χ3v) is 4.06. The second kappa shape index (κ2) is 8.55. The number of hydrogen-bond acceptors (Lipinski definition) is 2. The monoisotopic (exact) mass is 344 g/mol. The Morgan fingerprint density at radius 1 is 1.25 bits per heavy atom. The predicted molar refractivity (Wildman–Crippen MR) is 98.5 cm³/mol. The van der Waals surface area contributed by atoms with Crippen LogP contribution in [0.2, 0.25) is 5.02 Å². The molecule has 0 bridgehead atoms. The summed E-state index contributed by atoms with van der Waals surface area (Å²) in [6.45, 7) is 4.64. The molecular formula is C20H21ClO3. The molecule has 4 heteroatoms. The fourth-order valence-corrected chi connectivity index (χ4v) is 2.40. The maximum atomic E-state index is 11.7. The fraction of sp³-hybridized carbons (Fsp3) is 0.250. The zero-order chi connectivity index (χ0) is 17.5. The summed E-state index contributed by atoms with van der Waals surface area (Å²) in [6, 6.07) is 12.7. The van der Waals surface area contributed by atoms with Gasteiger partial charge in [-0.2, -0.15) is 0 Å². The van der Waals surface area contributed by atoms with Crippen molar-refractivity contribution in [2.45, 2.75) is 26.7 Å². The topological polar surface area (TPSA) is 46.5 Å². The van der Waals surface area contributed by atoms with Gasteiger partial charge in [0, 0.05) is 5.02 Å². The number of carbonyl (C=O) groups is 1. The first-order valence-electron chi connectivity index (χ1n) is 7.95. The molecule has 0 spiro atoms. The summed E-state index contributed by atoms with van der Waals surface area (Å²) in [5.74, 6) is -0.254. The van der Waals surface area contributed by atoms with E-state index in [1.165, 1.54) is 0 Å². The molecule has 0 fully saturated rings. The van der Waals surface area contributed by atoms with E-state index < -0.39 is 5.97 Å². The van der Waals surface area contributed by atoms with Crippen molar-refractivity contribution in [3.05, 3.63) is 64.2 Å². The first kappa shape index (κ1) is 18.1. The second-order valence-electron chi connectivity index (χ2n) is 5.60. The number of hydrogen-bond donors (Lipinski definition) is 1. The molecule has 0 heterocycles. The van der Waals surface area contributed by atoms with Crippen molar-refractivity contribution in [1.82, 2.24) is 0 Å². The van der Waals surface area contributed by atoms with E-state index in [0.717, 1.165) is 29.7 Å². The van der Waals surface area contributed by atoms with E-state index in [4.69, 9.17) is 16.3 Å². The summed E-state index contributed by atoms with van der Waals surface area (Å²) in [5.41, 5.74) is 2.47. The van der Waals surface area contributed by atoms with Crippen molar-refractivity contribution in [3.63, 3.8) is 0 Å². The number of aryl methyl sites for hydroxylation is 1. The van der Waals surface area contributed by atoms with E-state index in [2.05, 4.69) is 6.92 Å². The maximum absolute atomic E-state index is 11.7. The standard InChI is InChI=1S/C20H21ClO3/c1-3-4-10-24-17-7-5-6-15(11-17)12-18(20(22)23)16-9-8-14(2)19(21)13-16/h5-9,11-13H,3-4,10H2,1-2H3,(H,22,23)/b18-12-. The van der Waals surface area contributed by atoms with Crippen LogP contribution in [-0.4, -0.2) is 17.7 Å². The molecule has 0 saturated heterocycles. The van der Waals surface area contributed by atoms with Crippen LogP contribution in [0.1, 0.15) is 36.5 Å². The lowest BCUT2D eigenvalue weighted by molar-refractivity contribution is -0.130. The van der Waals surface area contributed by atoms with E-state index in [1.54, 1.807) is 18.2 Å². The lowest BCUT2D eigenvalue weighted by Crippen LogP contribution is -2.00. The minimum absolute atomic E-state index is 0.197. The number of rotatable bonds is 7. The Morgan fingerprint density at radius 3 is 2.71 bits per heavy atom. The van der Waals surface area contributed by atoms with Gasteiger partial charge in [-0.1, -0.05) is 49.2 Å². The summed E-state index contributed by atoms with van der Waals surface area (Å²) in [4.78, 5) is 11.7. The SMILES string of the molecule is CCCCOc1cccc(/C=C(\C(=O)O)c2ccc(C)c(Cl)c2)c1. The molecule has 0 aliphatic carbocycles. The van der Waals surface area contributed by atoms with Crippen molar-refractivity contribution in [2.75, 3.05) is 6.61 Å². The molecule has 2 rings (SSSR count). The van der Waals surface area contributed by atoms with Gasteiger partial charge in [-0.25, -0.2) is 4.79 Å². The average Bonchev–Trinajstić information content (AvgIpc) is 2.56. The van der Waals surface area contributed by atoms with Gasteiger partial charge in [0.05, 0.1) is 12.2 Å². The van der Waals surface area contributed by atoms with E-state index in [1.807, 2.05) is 37.3 Å². The van der Waals surface area contributed by atoms with Crippen molar-refractivity contribution < 1.29 is 14.6 Å². The Labute approximate surface area is 147 Å². The molecule has 24 heavy (non-hydrogen) atoms. The van der Waals surface area contributed by atoms with E-state index >= 15 is 0 Å². The van der Waals surface area contributed by atoms with Crippen LogP contribution in [0.3, 0.4) is 0 Å². The molecule has 0 radical (unpaired) electrons. The van der Waals surface area contributed by atoms with Crippen LogP contribution in [0.5, 0.6) is 5.75 Å². The first-order chi connectivity index (χ1) is 11.5. The number of aliphatic carboxylic acids is 1. The van der Waals surface area contributed by atoms with Crippen molar-refractivity contribution in [3.8, 4) is 5.75 Å². The Balaban J connectivity index is 2.32. The van der Waals surface area contributed by atoms with Gasteiger partial charge in [0.25, 0.3) is 0 Å². The van der Waals surface area contributed by atoms with E-state index in [-0.39, 0.29) is 5.57 Å². The van der Waals surface area contributed by atoms with Gasteiger partial charge in [0.15, 0.2) is 0 Å². The van der Waals surface area contributed by atoms with Gasteiger partial charge >= 0.3 is 5.97 Å². The minimum Gasteiger partial charge on any atom is -0.494 e. The van der Waals surface area contributed by atoms with Gasteiger partial charge in [0.2, 0.25) is 0 Å². The van der Waals surface area contributed by atoms with Gasteiger partial charge in [0.1, 0.15) is 5.75 Å². The van der Waals surface area contributed by atoms with Crippen molar-refractivity contribution >= 4 is 29.2 Å². The fourth-order valence-electron chi connectivity index (χ4n) is 2.22. The summed E-state index contributed by atoms with van der Waals surface area (Å²) >= 11 is 6.12. The molecule has 0 aliphatic heterocycles. The van der Waals surface area contributed by atoms with Crippen LogP contribution in [0, 0.1) is 6.92 Å². The number of carboxylic acid groups (broad SMARTS) is 1. The summed E-state index contributed by atoms with van der Waals surface area (Å²) in [7, 11) is 0. The van der Waals surface area contributed by atoms with Crippen LogP contribution < -0.4 is 4.74 Å². The third-order valence-electron chi connectivity index (χ3n) is 3.65. The van der Waals surface area contributed by atoms with Gasteiger partial charge < -0.3 is 9.84 Å². The largest absolute Gasteiger partial charge is 0.494 e. The molecule has 0 unspecified atom stereocenters. The number of benzene rings is 2. The lowest BCUT2D eigenvalue weighted by atomic mass is 10.0. The highest BCUT2D eigenvalue weighted by atomic mass is 35.5. The quantitative estimate of drug-likeness (QED) is 0.412. The molecule has 0 amide bonds. The zero-order valence-electron chi connectivity index (χ0n) is 13.9. The Morgan fingerprint density at radius 2 is 2.04 bits per heavy atom. The van der Waals surface area contributed by atoms with Crippen molar-refractivity contribution in [2.24, 2.45) is 0 Å². The summed E-state index contributed by atoms with van der Waals surface area (Å²) in [5, 5.41) is 10.1. The van der Waals surface area contributed by atoms with Gasteiger partial charge in [-0.3, -0.25) is 0 Å². The predicted octanol–water partition coefficient (Wildman–Crippen LogP) is 5.45. The van der Waals surface area contributed by atoms with Crippen LogP contribution in [0.4, 0.5) is 0 Å². The van der Waals surface area contributed by atoms with Gasteiger partial charge in [-0.15, -0.1) is 0 Å². The molecule has 0 saturated carbocycles.